The first kappa shape index (κ1) is 21.3. The van der Waals surface area contributed by atoms with Crippen molar-refractivity contribution in [3.8, 4) is 5.75 Å². The van der Waals surface area contributed by atoms with Gasteiger partial charge in [-0.25, -0.2) is 13.4 Å². The number of amides is 1. The minimum Gasteiger partial charge on any atom is -0.497 e. The molecule has 3 rings (SSSR count). The number of ether oxygens (including phenoxy) is 1. The van der Waals surface area contributed by atoms with Crippen molar-refractivity contribution < 1.29 is 17.9 Å². The zero-order chi connectivity index (χ0) is 20.9. The van der Waals surface area contributed by atoms with E-state index in [-0.39, 0.29) is 22.4 Å². The molecule has 0 atom stereocenters. The van der Waals surface area contributed by atoms with Gasteiger partial charge < -0.3 is 10.1 Å². The van der Waals surface area contributed by atoms with E-state index in [0.717, 1.165) is 4.47 Å². The average Bonchev–Trinajstić information content (AvgIpc) is 3.15. The summed E-state index contributed by atoms with van der Waals surface area (Å²) in [4.78, 5) is 16.5. The van der Waals surface area contributed by atoms with Gasteiger partial charge in [-0.3, -0.25) is 9.52 Å². The number of anilines is 2. The number of rotatable bonds is 8. The Balaban J connectivity index is 1.55. The van der Waals surface area contributed by atoms with Crippen molar-refractivity contribution in [1.29, 1.82) is 0 Å². The van der Waals surface area contributed by atoms with E-state index in [1.807, 2.05) is 12.1 Å². The Kier molecular flexibility index (Phi) is 6.88. The summed E-state index contributed by atoms with van der Waals surface area (Å²) in [7, 11) is -2.23. The molecule has 3 aromatic rings. The number of nitrogens with one attached hydrogen (secondary N) is 2. The lowest BCUT2D eigenvalue weighted by atomic mass is 10.2. The molecule has 7 nitrogen and oxygen atoms in total. The highest BCUT2D eigenvalue weighted by Gasteiger charge is 2.16. The minimum atomic E-state index is -3.74. The fraction of sp³-hybridized carbons (Fsp3) is 0.158. The topological polar surface area (TPSA) is 97.4 Å². The molecule has 1 heterocycles. The summed E-state index contributed by atoms with van der Waals surface area (Å²) in [5.41, 5.74) is 1.36. The number of aryl methyl sites for hydroxylation is 1. The number of halogens is 1. The van der Waals surface area contributed by atoms with Gasteiger partial charge in [0.2, 0.25) is 5.91 Å². The molecule has 2 aromatic carbocycles. The van der Waals surface area contributed by atoms with Gasteiger partial charge in [0.05, 0.1) is 17.7 Å². The van der Waals surface area contributed by atoms with Crippen LogP contribution in [0.2, 0.25) is 0 Å². The molecule has 0 spiro atoms. The van der Waals surface area contributed by atoms with Crippen LogP contribution in [0.4, 0.5) is 10.8 Å². The van der Waals surface area contributed by atoms with Gasteiger partial charge in [-0.2, -0.15) is 0 Å². The number of nitrogens with zero attached hydrogens (tertiary/aromatic N) is 1. The van der Waals surface area contributed by atoms with Gasteiger partial charge in [0.1, 0.15) is 5.75 Å². The Bertz CT molecular complexity index is 1080. The summed E-state index contributed by atoms with van der Waals surface area (Å²) in [6, 6.07) is 13.4. The smallest absolute Gasteiger partial charge is 0.263 e. The van der Waals surface area contributed by atoms with Gasteiger partial charge >= 0.3 is 0 Å². The van der Waals surface area contributed by atoms with Gasteiger partial charge in [0, 0.05) is 22.0 Å². The van der Waals surface area contributed by atoms with Gasteiger partial charge in [-0.15, -0.1) is 11.3 Å². The van der Waals surface area contributed by atoms with Gasteiger partial charge in [0.15, 0.2) is 5.13 Å². The molecule has 0 bridgehead atoms. The second-order valence-electron chi connectivity index (χ2n) is 5.98. The van der Waals surface area contributed by atoms with Crippen LogP contribution in [0.3, 0.4) is 0 Å². The molecule has 10 heteroatoms. The molecule has 0 unspecified atom stereocenters. The Morgan fingerprint density at radius 1 is 1.14 bits per heavy atom. The van der Waals surface area contributed by atoms with Gasteiger partial charge in [-0.05, 0) is 55.0 Å². The molecule has 1 amide bonds. The summed E-state index contributed by atoms with van der Waals surface area (Å²) in [6.45, 7) is 0. The molecular weight excluding hydrogens is 478 g/mol. The number of hydrogen-bond donors (Lipinski definition) is 2. The normalized spacial score (nSPS) is 11.1. The third-order valence-corrected chi connectivity index (χ3v) is 6.70. The van der Waals surface area contributed by atoms with Crippen molar-refractivity contribution in [3.63, 3.8) is 0 Å². The van der Waals surface area contributed by atoms with Crippen LogP contribution in [0.25, 0.3) is 0 Å². The number of sulfonamides is 1. The maximum absolute atomic E-state index is 12.5. The van der Waals surface area contributed by atoms with E-state index >= 15 is 0 Å². The lowest BCUT2D eigenvalue weighted by Gasteiger charge is -2.06. The van der Waals surface area contributed by atoms with Crippen molar-refractivity contribution in [2.45, 2.75) is 17.7 Å². The van der Waals surface area contributed by atoms with E-state index in [4.69, 9.17) is 4.74 Å². The lowest BCUT2D eigenvalue weighted by molar-refractivity contribution is -0.116. The maximum Gasteiger partial charge on any atom is 0.263 e. The first-order valence-corrected chi connectivity index (χ1v) is 11.7. The summed E-state index contributed by atoms with van der Waals surface area (Å²) in [5.74, 6) is 0.433. The van der Waals surface area contributed by atoms with E-state index in [1.54, 1.807) is 29.6 Å². The van der Waals surface area contributed by atoms with Crippen LogP contribution in [-0.2, 0) is 21.2 Å². The summed E-state index contributed by atoms with van der Waals surface area (Å²) in [5, 5.41) is 4.80. The zero-order valence-corrected chi connectivity index (χ0v) is 18.6. The first-order chi connectivity index (χ1) is 13.9. The van der Waals surface area contributed by atoms with E-state index in [9.17, 15) is 13.2 Å². The SMILES string of the molecule is COc1ccc(S(=O)(=O)Nc2nc(CCC(=O)Nc3ccc(Br)cc3)cs2)cc1. The predicted molar refractivity (Wildman–Crippen MR) is 117 cm³/mol. The molecule has 1 aromatic heterocycles. The minimum absolute atomic E-state index is 0.115. The molecule has 2 N–H and O–H groups in total. The van der Waals surface area contributed by atoms with Gasteiger partial charge in [-0.1, -0.05) is 15.9 Å². The predicted octanol–water partition coefficient (Wildman–Crippen LogP) is 4.29. The Morgan fingerprint density at radius 2 is 1.83 bits per heavy atom. The highest BCUT2D eigenvalue weighted by molar-refractivity contribution is 9.10. The maximum atomic E-state index is 12.5. The molecule has 152 valence electrons. The van der Waals surface area contributed by atoms with Crippen LogP contribution < -0.4 is 14.8 Å². The Hall–Kier alpha value is -2.43. The Morgan fingerprint density at radius 3 is 2.48 bits per heavy atom. The van der Waals surface area contributed by atoms with Crippen molar-refractivity contribution in [2.75, 3.05) is 17.1 Å². The standard InChI is InChI=1S/C19H18BrN3O4S2/c1-27-16-7-9-17(10-8-16)29(25,26)23-19-22-15(12-28-19)6-11-18(24)21-14-4-2-13(20)3-5-14/h2-5,7-10,12H,6,11H2,1H3,(H,21,24)(H,22,23). The second-order valence-corrected chi connectivity index (χ2v) is 9.44. The van der Waals surface area contributed by atoms with Crippen LogP contribution in [0.1, 0.15) is 12.1 Å². The number of aromatic nitrogens is 1. The first-order valence-electron chi connectivity index (χ1n) is 8.52. The zero-order valence-electron chi connectivity index (χ0n) is 15.4. The number of thiazole rings is 1. The third-order valence-electron chi connectivity index (χ3n) is 3.88. The van der Waals surface area contributed by atoms with Crippen LogP contribution in [0.15, 0.2) is 63.3 Å². The summed E-state index contributed by atoms with van der Waals surface area (Å²) < 4.78 is 33.3. The second kappa shape index (κ2) is 9.38. The number of carbonyl (C=O) groups excluding carboxylic acids is 1. The van der Waals surface area contributed by atoms with Crippen LogP contribution >= 0.6 is 27.3 Å². The highest BCUT2D eigenvalue weighted by atomic mass is 79.9. The van der Waals surface area contributed by atoms with Crippen molar-refractivity contribution >= 4 is 54.0 Å². The molecule has 0 fully saturated rings. The van der Waals surface area contributed by atoms with Crippen LogP contribution in [0, 0.1) is 0 Å². The van der Waals surface area contributed by atoms with E-state index in [0.29, 0.717) is 23.6 Å². The molecule has 29 heavy (non-hydrogen) atoms. The molecule has 0 saturated carbocycles. The highest BCUT2D eigenvalue weighted by Crippen LogP contribution is 2.22. The van der Waals surface area contributed by atoms with E-state index in [2.05, 4.69) is 31.0 Å². The quantitative estimate of drug-likeness (QED) is 0.485. The molecular formula is C19H18BrN3O4S2. The number of benzene rings is 2. The monoisotopic (exact) mass is 495 g/mol. The average molecular weight is 496 g/mol. The summed E-state index contributed by atoms with van der Waals surface area (Å²) >= 11 is 4.52. The van der Waals surface area contributed by atoms with Crippen LogP contribution in [0.5, 0.6) is 5.75 Å². The fourth-order valence-electron chi connectivity index (χ4n) is 2.40. The van der Waals surface area contributed by atoms with E-state index < -0.39 is 10.0 Å². The number of methoxy groups -OCH3 is 1. The Labute approximate surface area is 181 Å². The van der Waals surface area contributed by atoms with Crippen molar-refractivity contribution in [1.82, 2.24) is 4.98 Å². The molecule has 0 aliphatic heterocycles. The van der Waals surface area contributed by atoms with Crippen LogP contribution in [-0.4, -0.2) is 26.4 Å². The fourth-order valence-corrected chi connectivity index (χ4v) is 4.66. The largest absolute Gasteiger partial charge is 0.497 e. The lowest BCUT2D eigenvalue weighted by Crippen LogP contribution is -2.13. The number of hydrogen-bond acceptors (Lipinski definition) is 6. The molecule has 0 aliphatic carbocycles. The number of carbonyl (C=O) groups is 1. The summed E-state index contributed by atoms with van der Waals surface area (Å²) in [6.07, 6.45) is 0.646. The van der Waals surface area contributed by atoms with Crippen molar-refractivity contribution in [3.05, 3.63) is 64.1 Å². The van der Waals surface area contributed by atoms with Gasteiger partial charge in [0.25, 0.3) is 10.0 Å². The molecule has 0 saturated heterocycles. The molecule has 0 aliphatic rings. The third kappa shape index (κ3) is 6.02. The van der Waals surface area contributed by atoms with Crippen molar-refractivity contribution in [2.24, 2.45) is 0 Å². The van der Waals surface area contributed by atoms with E-state index in [1.165, 1.54) is 30.6 Å². The molecule has 0 radical (unpaired) electrons.